The van der Waals surface area contributed by atoms with Gasteiger partial charge in [-0.3, -0.25) is 0 Å². The molecular weight excluding hydrogens is 247 g/mol. The number of nitrogens with one attached hydrogen (secondary N) is 1. The van der Waals surface area contributed by atoms with Crippen LogP contribution in [0.3, 0.4) is 0 Å². The largest absolute Gasteiger partial charge is 0.435 e. The average molecular weight is 261 g/mol. The van der Waals surface area contributed by atoms with E-state index in [1.165, 1.54) is 6.07 Å². The number of ether oxygens (including phenoxy) is 1. The minimum atomic E-state index is -4.44. The van der Waals surface area contributed by atoms with Gasteiger partial charge in [-0.25, -0.2) is 0 Å². The summed E-state index contributed by atoms with van der Waals surface area (Å²) in [7, 11) is 0. The summed E-state index contributed by atoms with van der Waals surface area (Å²) in [5, 5.41) is 9.55. The molecule has 0 saturated carbocycles. The Morgan fingerprint density at radius 3 is 2.72 bits per heavy atom. The first-order valence-corrected chi connectivity index (χ1v) is 5.82. The fraction of sp³-hybridized carbons (Fsp3) is 0.636. The predicted molar refractivity (Wildman–Crippen MR) is 59.1 cm³/mol. The molecule has 7 heteroatoms. The van der Waals surface area contributed by atoms with Crippen LogP contribution in [0.1, 0.15) is 25.0 Å². The molecule has 1 unspecified atom stereocenters. The van der Waals surface area contributed by atoms with Gasteiger partial charge in [0.25, 0.3) is 0 Å². The predicted octanol–water partition coefficient (Wildman–Crippen LogP) is 2.48. The molecule has 0 radical (unpaired) electrons. The second-order valence-electron chi connectivity index (χ2n) is 4.15. The van der Waals surface area contributed by atoms with Crippen LogP contribution in [0.5, 0.6) is 0 Å². The monoisotopic (exact) mass is 261 g/mol. The Balaban J connectivity index is 1.79. The lowest BCUT2D eigenvalue weighted by molar-refractivity contribution is -0.141. The topological polar surface area (TPSA) is 47.0 Å². The van der Waals surface area contributed by atoms with Crippen molar-refractivity contribution in [1.82, 2.24) is 10.2 Å². The molecule has 4 nitrogen and oxygen atoms in total. The van der Waals surface area contributed by atoms with E-state index in [-0.39, 0.29) is 6.10 Å². The molecule has 1 aliphatic rings. The fourth-order valence-corrected chi connectivity index (χ4v) is 1.81. The first-order valence-electron chi connectivity index (χ1n) is 5.82. The molecule has 1 N–H and O–H groups in total. The van der Waals surface area contributed by atoms with Crippen LogP contribution < -0.4 is 5.32 Å². The molecule has 1 atom stereocenters. The SMILES string of the molecule is FC(F)(F)c1ccc(NCCC2CCCO2)nn1. The number of nitrogens with zero attached hydrogens (tertiary/aromatic N) is 2. The van der Waals surface area contributed by atoms with Gasteiger partial charge in [0.2, 0.25) is 0 Å². The van der Waals surface area contributed by atoms with Crippen molar-refractivity contribution < 1.29 is 17.9 Å². The molecule has 100 valence electrons. The normalized spacial score (nSPS) is 20.1. The van der Waals surface area contributed by atoms with Crippen molar-refractivity contribution >= 4 is 5.82 Å². The number of halogens is 3. The molecule has 0 amide bonds. The summed E-state index contributed by atoms with van der Waals surface area (Å²) in [6, 6.07) is 2.20. The maximum atomic E-state index is 12.2. The molecular formula is C11H14F3N3O. The van der Waals surface area contributed by atoms with Crippen LogP contribution in [0, 0.1) is 0 Å². The molecule has 0 aliphatic carbocycles. The van der Waals surface area contributed by atoms with Crippen LogP contribution in [0.2, 0.25) is 0 Å². The van der Waals surface area contributed by atoms with Crippen LogP contribution in [-0.4, -0.2) is 29.5 Å². The minimum Gasteiger partial charge on any atom is -0.378 e. The van der Waals surface area contributed by atoms with Gasteiger partial charge >= 0.3 is 6.18 Å². The quantitative estimate of drug-likeness (QED) is 0.904. The van der Waals surface area contributed by atoms with E-state index in [0.29, 0.717) is 12.4 Å². The Labute approximate surface area is 103 Å². The van der Waals surface area contributed by atoms with E-state index >= 15 is 0 Å². The van der Waals surface area contributed by atoms with Crippen LogP contribution >= 0.6 is 0 Å². The second-order valence-corrected chi connectivity index (χ2v) is 4.15. The maximum absolute atomic E-state index is 12.2. The molecule has 18 heavy (non-hydrogen) atoms. The van der Waals surface area contributed by atoms with Gasteiger partial charge in [0.1, 0.15) is 5.82 Å². The van der Waals surface area contributed by atoms with Gasteiger partial charge in [0.05, 0.1) is 6.10 Å². The third-order valence-electron chi connectivity index (χ3n) is 2.75. The smallest absolute Gasteiger partial charge is 0.378 e. The van der Waals surface area contributed by atoms with E-state index in [2.05, 4.69) is 15.5 Å². The summed E-state index contributed by atoms with van der Waals surface area (Å²) < 4.78 is 42.1. The molecule has 1 aliphatic heterocycles. The highest BCUT2D eigenvalue weighted by Gasteiger charge is 2.32. The fourth-order valence-electron chi connectivity index (χ4n) is 1.81. The molecule has 1 aromatic rings. The molecule has 1 saturated heterocycles. The zero-order valence-corrected chi connectivity index (χ0v) is 9.70. The Morgan fingerprint density at radius 2 is 2.17 bits per heavy atom. The van der Waals surface area contributed by atoms with Crippen molar-refractivity contribution in [2.45, 2.75) is 31.5 Å². The Bertz CT molecular complexity index is 374. The van der Waals surface area contributed by atoms with Gasteiger partial charge < -0.3 is 10.1 Å². The molecule has 1 aromatic heterocycles. The van der Waals surface area contributed by atoms with E-state index in [4.69, 9.17) is 4.74 Å². The van der Waals surface area contributed by atoms with Gasteiger partial charge in [-0.05, 0) is 31.4 Å². The number of hydrogen-bond acceptors (Lipinski definition) is 4. The number of rotatable bonds is 4. The van der Waals surface area contributed by atoms with Crippen LogP contribution in [0.25, 0.3) is 0 Å². The first kappa shape index (κ1) is 13.1. The summed E-state index contributed by atoms with van der Waals surface area (Å²) in [4.78, 5) is 0. The van der Waals surface area contributed by atoms with Gasteiger partial charge in [-0.2, -0.15) is 13.2 Å². The number of hydrogen-bond donors (Lipinski definition) is 1. The summed E-state index contributed by atoms with van der Waals surface area (Å²) in [6.07, 6.45) is -1.25. The Hall–Kier alpha value is -1.37. The van der Waals surface area contributed by atoms with E-state index in [0.717, 1.165) is 31.9 Å². The summed E-state index contributed by atoms with van der Waals surface area (Å²) in [5.41, 5.74) is -0.979. The zero-order valence-electron chi connectivity index (χ0n) is 9.70. The lowest BCUT2D eigenvalue weighted by Crippen LogP contribution is -2.14. The minimum absolute atomic E-state index is 0.250. The van der Waals surface area contributed by atoms with E-state index in [1.807, 2.05) is 0 Å². The van der Waals surface area contributed by atoms with Crippen LogP contribution in [0.15, 0.2) is 12.1 Å². The molecule has 0 spiro atoms. The van der Waals surface area contributed by atoms with Crippen molar-refractivity contribution in [2.75, 3.05) is 18.5 Å². The molecule has 1 fully saturated rings. The molecule has 2 heterocycles. The lowest BCUT2D eigenvalue weighted by atomic mass is 10.2. The number of aromatic nitrogens is 2. The van der Waals surface area contributed by atoms with E-state index < -0.39 is 11.9 Å². The van der Waals surface area contributed by atoms with Crippen molar-refractivity contribution in [3.63, 3.8) is 0 Å². The summed E-state index contributed by atoms with van der Waals surface area (Å²) in [5.74, 6) is 0.348. The van der Waals surface area contributed by atoms with Gasteiger partial charge in [0, 0.05) is 13.2 Å². The Morgan fingerprint density at radius 1 is 1.33 bits per heavy atom. The highest BCUT2D eigenvalue weighted by molar-refractivity contribution is 5.33. The molecule has 0 bridgehead atoms. The lowest BCUT2D eigenvalue weighted by Gasteiger charge is -2.10. The van der Waals surface area contributed by atoms with Gasteiger partial charge in [-0.1, -0.05) is 0 Å². The molecule has 0 aromatic carbocycles. The summed E-state index contributed by atoms with van der Waals surface area (Å²) in [6.45, 7) is 1.41. The highest BCUT2D eigenvalue weighted by Crippen LogP contribution is 2.27. The maximum Gasteiger partial charge on any atom is 0.435 e. The molecule has 2 rings (SSSR count). The summed E-state index contributed by atoms with van der Waals surface area (Å²) >= 11 is 0. The first-order chi connectivity index (χ1) is 8.55. The van der Waals surface area contributed by atoms with Gasteiger partial charge in [-0.15, -0.1) is 10.2 Å². The highest BCUT2D eigenvalue weighted by atomic mass is 19.4. The third-order valence-corrected chi connectivity index (χ3v) is 2.75. The van der Waals surface area contributed by atoms with Crippen molar-refractivity contribution in [1.29, 1.82) is 0 Å². The second kappa shape index (κ2) is 5.51. The van der Waals surface area contributed by atoms with E-state index in [1.54, 1.807) is 0 Å². The van der Waals surface area contributed by atoms with Gasteiger partial charge in [0.15, 0.2) is 5.69 Å². The van der Waals surface area contributed by atoms with Crippen molar-refractivity contribution in [3.8, 4) is 0 Å². The van der Waals surface area contributed by atoms with Crippen molar-refractivity contribution in [3.05, 3.63) is 17.8 Å². The standard InChI is InChI=1S/C11H14F3N3O/c12-11(13,14)9-3-4-10(17-16-9)15-6-5-8-2-1-7-18-8/h3-4,8H,1-2,5-7H2,(H,15,17). The zero-order chi connectivity index (χ0) is 13.0. The number of alkyl halides is 3. The van der Waals surface area contributed by atoms with Crippen LogP contribution in [-0.2, 0) is 10.9 Å². The van der Waals surface area contributed by atoms with Crippen LogP contribution in [0.4, 0.5) is 19.0 Å². The number of anilines is 1. The van der Waals surface area contributed by atoms with E-state index in [9.17, 15) is 13.2 Å². The van der Waals surface area contributed by atoms with Crippen molar-refractivity contribution in [2.24, 2.45) is 0 Å². The third kappa shape index (κ3) is 3.56. The Kier molecular flexibility index (Phi) is 4.00. The average Bonchev–Trinajstić information content (AvgIpc) is 2.82.